The quantitative estimate of drug-likeness (QED) is 0.570. The van der Waals surface area contributed by atoms with Gasteiger partial charge < -0.3 is 14.9 Å². The van der Waals surface area contributed by atoms with Crippen LogP contribution < -0.4 is 0 Å². The summed E-state index contributed by atoms with van der Waals surface area (Å²) in [6.45, 7) is 7.88. The van der Waals surface area contributed by atoms with Gasteiger partial charge in [0.2, 0.25) is 0 Å². The molecule has 24 heavy (non-hydrogen) atoms. The summed E-state index contributed by atoms with van der Waals surface area (Å²) in [7, 11) is 0. The number of carbonyl (C=O) groups is 1. The highest BCUT2D eigenvalue weighted by Crippen LogP contribution is 2.53. The molecule has 134 valence electrons. The summed E-state index contributed by atoms with van der Waals surface area (Å²) in [6.07, 6.45) is 7.71. The average molecular weight is 334 g/mol. The fourth-order valence-corrected chi connectivity index (χ4v) is 4.67. The van der Waals surface area contributed by atoms with Gasteiger partial charge in [-0.1, -0.05) is 31.6 Å². The van der Waals surface area contributed by atoms with Crippen LogP contribution in [0.2, 0.25) is 0 Å². The highest BCUT2D eigenvalue weighted by Gasteiger charge is 2.63. The molecule has 0 unspecified atom stereocenters. The van der Waals surface area contributed by atoms with E-state index in [0.29, 0.717) is 38.0 Å². The zero-order valence-corrected chi connectivity index (χ0v) is 15.3. The second-order valence-corrected chi connectivity index (χ2v) is 8.54. The monoisotopic (exact) mass is 334 g/mol. The Morgan fingerprint density at radius 2 is 1.88 bits per heavy atom. The molecule has 1 fully saturated rings. The minimum Gasteiger partial charge on any atom is -0.453 e. The lowest BCUT2D eigenvalue weighted by Gasteiger charge is -2.46. The minimum absolute atomic E-state index is 0.307. The van der Waals surface area contributed by atoms with E-state index in [1.807, 2.05) is 13.0 Å². The SMILES string of the molecule is CC(C)/C1=C/[C@@H]2[C@](O)(CC[C@@]2(C)O)[C@@]2(C)CCC=C(CC1)C(=O)O2. The summed E-state index contributed by atoms with van der Waals surface area (Å²) >= 11 is 0. The second kappa shape index (κ2) is 5.70. The number of aliphatic hydroxyl groups is 2. The van der Waals surface area contributed by atoms with Crippen LogP contribution >= 0.6 is 0 Å². The predicted molar refractivity (Wildman–Crippen MR) is 92.3 cm³/mol. The van der Waals surface area contributed by atoms with Gasteiger partial charge in [0.15, 0.2) is 0 Å². The third kappa shape index (κ3) is 2.64. The molecule has 2 heterocycles. The first kappa shape index (κ1) is 17.7. The Morgan fingerprint density at radius 3 is 2.54 bits per heavy atom. The lowest BCUT2D eigenvalue weighted by Crippen LogP contribution is -2.59. The Balaban J connectivity index is 2.17. The number of carbonyl (C=O) groups excluding carboxylic acids is 1. The molecule has 0 spiro atoms. The van der Waals surface area contributed by atoms with Gasteiger partial charge >= 0.3 is 5.97 Å². The summed E-state index contributed by atoms with van der Waals surface area (Å²) in [5.41, 5.74) is -1.30. The molecule has 3 aliphatic rings. The van der Waals surface area contributed by atoms with Crippen molar-refractivity contribution in [1.29, 1.82) is 0 Å². The topological polar surface area (TPSA) is 66.8 Å². The summed E-state index contributed by atoms with van der Waals surface area (Å²) in [6, 6.07) is 0. The largest absolute Gasteiger partial charge is 0.453 e. The van der Waals surface area contributed by atoms with Crippen LogP contribution in [0.4, 0.5) is 0 Å². The molecule has 0 radical (unpaired) electrons. The van der Waals surface area contributed by atoms with Crippen molar-refractivity contribution < 1.29 is 19.7 Å². The van der Waals surface area contributed by atoms with E-state index in [0.717, 1.165) is 12.0 Å². The van der Waals surface area contributed by atoms with Gasteiger partial charge in [0.25, 0.3) is 0 Å². The van der Waals surface area contributed by atoms with Crippen LogP contribution in [0.5, 0.6) is 0 Å². The molecular formula is C20H30O4. The second-order valence-electron chi connectivity index (χ2n) is 8.54. The van der Waals surface area contributed by atoms with Crippen molar-refractivity contribution in [2.24, 2.45) is 11.8 Å². The number of allylic oxidation sites excluding steroid dienone is 2. The highest BCUT2D eigenvalue weighted by atomic mass is 16.6. The van der Waals surface area contributed by atoms with Crippen molar-refractivity contribution in [3.05, 3.63) is 23.3 Å². The molecule has 0 aromatic heterocycles. The molecule has 3 rings (SSSR count). The number of ether oxygens (including phenoxy) is 1. The molecule has 4 nitrogen and oxygen atoms in total. The standard InChI is InChI=1S/C20H30O4/c1-13(2)15-8-7-14-6-5-9-19(4,24-17(14)21)20(23)11-10-18(3,22)16(20)12-15/h6,12-13,16,22-23H,5,7-11H2,1-4H3/b15-12+/t16-,18+,19+,20+/m0/s1. The Kier molecular flexibility index (Phi) is 4.20. The van der Waals surface area contributed by atoms with E-state index in [2.05, 4.69) is 19.9 Å². The van der Waals surface area contributed by atoms with Gasteiger partial charge in [-0.05, 0) is 58.3 Å². The molecule has 0 amide bonds. The molecule has 0 saturated heterocycles. The maximum absolute atomic E-state index is 12.6. The van der Waals surface area contributed by atoms with Crippen LogP contribution in [0.15, 0.2) is 23.3 Å². The molecule has 0 aromatic rings. The maximum Gasteiger partial charge on any atom is 0.334 e. The average Bonchev–Trinajstić information content (AvgIpc) is 2.62. The molecule has 1 aliphatic carbocycles. The van der Waals surface area contributed by atoms with E-state index in [-0.39, 0.29) is 5.97 Å². The van der Waals surface area contributed by atoms with Crippen LogP contribution in [0.3, 0.4) is 0 Å². The van der Waals surface area contributed by atoms with Gasteiger partial charge in [-0.25, -0.2) is 4.79 Å². The van der Waals surface area contributed by atoms with Crippen LogP contribution in [-0.2, 0) is 9.53 Å². The Bertz CT molecular complexity index is 601. The molecule has 2 aliphatic heterocycles. The predicted octanol–water partition coefficient (Wildman–Crippen LogP) is 3.28. The lowest BCUT2D eigenvalue weighted by molar-refractivity contribution is -0.202. The zero-order chi connectivity index (χ0) is 17.8. The van der Waals surface area contributed by atoms with Crippen LogP contribution in [0, 0.1) is 11.8 Å². The third-order valence-corrected chi connectivity index (χ3v) is 6.51. The summed E-state index contributed by atoms with van der Waals surface area (Å²) in [5, 5.41) is 22.6. The number of hydrogen-bond acceptors (Lipinski definition) is 4. The first-order valence-electron chi connectivity index (χ1n) is 9.17. The molecule has 1 saturated carbocycles. The lowest BCUT2D eigenvalue weighted by atomic mass is 9.70. The molecule has 2 N–H and O–H groups in total. The maximum atomic E-state index is 12.6. The molecule has 4 heteroatoms. The van der Waals surface area contributed by atoms with Gasteiger partial charge in [-0.15, -0.1) is 0 Å². The van der Waals surface area contributed by atoms with Crippen molar-refractivity contribution in [2.75, 3.05) is 0 Å². The first-order chi connectivity index (χ1) is 11.1. The molecule has 4 atom stereocenters. The number of esters is 1. The van der Waals surface area contributed by atoms with Gasteiger partial charge in [0.05, 0.1) is 5.60 Å². The number of hydrogen-bond donors (Lipinski definition) is 2. The van der Waals surface area contributed by atoms with Crippen LogP contribution in [0.25, 0.3) is 0 Å². The van der Waals surface area contributed by atoms with E-state index in [1.54, 1.807) is 6.92 Å². The molecular weight excluding hydrogens is 304 g/mol. The number of rotatable bonds is 1. The fraction of sp³-hybridized carbons (Fsp3) is 0.750. The molecule has 0 aromatic carbocycles. The van der Waals surface area contributed by atoms with E-state index in [4.69, 9.17) is 4.74 Å². The summed E-state index contributed by atoms with van der Waals surface area (Å²) < 4.78 is 5.85. The summed E-state index contributed by atoms with van der Waals surface area (Å²) in [4.78, 5) is 12.6. The van der Waals surface area contributed by atoms with Crippen molar-refractivity contribution in [3.63, 3.8) is 0 Å². The van der Waals surface area contributed by atoms with Gasteiger partial charge in [0, 0.05) is 11.5 Å². The molecule has 2 bridgehead atoms. The fourth-order valence-electron chi connectivity index (χ4n) is 4.67. The Morgan fingerprint density at radius 1 is 1.17 bits per heavy atom. The first-order valence-corrected chi connectivity index (χ1v) is 9.17. The van der Waals surface area contributed by atoms with Crippen molar-refractivity contribution >= 4 is 5.97 Å². The Labute approximate surface area is 144 Å². The normalized spacial score (nSPS) is 45.1. The van der Waals surface area contributed by atoms with Crippen molar-refractivity contribution in [2.45, 2.75) is 83.0 Å². The van der Waals surface area contributed by atoms with Gasteiger partial charge in [0.1, 0.15) is 11.2 Å². The van der Waals surface area contributed by atoms with Crippen LogP contribution in [0.1, 0.15) is 66.2 Å². The smallest absolute Gasteiger partial charge is 0.334 e. The van der Waals surface area contributed by atoms with E-state index >= 15 is 0 Å². The van der Waals surface area contributed by atoms with E-state index in [1.165, 1.54) is 5.57 Å². The Hall–Kier alpha value is -1.13. The third-order valence-electron chi connectivity index (χ3n) is 6.51. The highest BCUT2D eigenvalue weighted by molar-refractivity contribution is 5.89. The van der Waals surface area contributed by atoms with Crippen molar-refractivity contribution in [3.8, 4) is 0 Å². The minimum atomic E-state index is -1.24. The van der Waals surface area contributed by atoms with Gasteiger partial charge in [-0.2, -0.15) is 0 Å². The van der Waals surface area contributed by atoms with E-state index < -0.39 is 22.7 Å². The van der Waals surface area contributed by atoms with Crippen LogP contribution in [-0.4, -0.2) is 33.0 Å². The number of fused-ring (bicyclic) bond motifs is 5. The zero-order valence-electron chi connectivity index (χ0n) is 15.3. The van der Waals surface area contributed by atoms with E-state index in [9.17, 15) is 15.0 Å². The van der Waals surface area contributed by atoms with Gasteiger partial charge in [-0.3, -0.25) is 0 Å². The summed E-state index contributed by atoms with van der Waals surface area (Å²) in [5.74, 6) is -0.423. The van der Waals surface area contributed by atoms with Crippen molar-refractivity contribution in [1.82, 2.24) is 0 Å².